The van der Waals surface area contributed by atoms with Crippen molar-refractivity contribution >= 4 is 11.7 Å². The minimum atomic E-state index is -0.562. The van der Waals surface area contributed by atoms with E-state index in [0.717, 1.165) is 6.42 Å². The molecule has 110 valence electrons. The number of hydrazine groups is 1. The van der Waals surface area contributed by atoms with E-state index in [1.807, 2.05) is 0 Å². The number of amides is 1. The molecule has 0 saturated carbocycles. The van der Waals surface area contributed by atoms with Crippen LogP contribution in [0.15, 0.2) is 12.1 Å². The highest BCUT2D eigenvalue weighted by atomic mass is 16.6. The van der Waals surface area contributed by atoms with Crippen LogP contribution >= 0.6 is 0 Å². The maximum Gasteiger partial charge on any atom is 0.406 e. The molecule has 1 aromatic heterocycles. The van der Waals surface area contributed by atoms with Gasteiger partial charge in [0.1, 0.15) is 5.69 Å². The third kappa shape index (κ3) is 5.19. The molecule has 0 aromatic carbocycles. The van der Waals surface area contributed by atoms with Crippen LogP contribution in [0.2, 0.25) is 0 Å². The number of nitrogens with two attached hydrogens (primary N) is 1. The number of carbonyl (C=O) groups excluding carboxylic acids is 1. The van der Waals surface area contributed by atoms with E-state index in [1.54, 1.807) is 19.1 Å². The molecule has 0 unspecified atom stereocenters. The summed E-state index contributed by atoms with van der Waals surface area (Å²) in [6.45, 7) is 2.02. The molecule has 0 atom stereocenters. The second kappa shape index (κ2) is 8.05. The lowest BCUT2D eigenvalue weighted by atomic mass is 10.2. The smallest absolute Gasteiger partial charge is 0.406 e. The Labute approximate surface area is 116 Å². The highest BCUT2D eigenvalue weighted by Crippen LogP contribution is 2.24. The Balaban J connectivity index is 2.35. The van der Waals surface area contributed by atoms with E-state index >= 15 is 0 Å². The Morgan fingerprint density at radius 2 is 2.20 bits per heavy atom. The minimum Gasteiger partial charge on any atom is -0.486 e. The molecule has 0 aliphatic rings. The van der Waals surface area contributed by atoms with Crippen LogP contribution in [0.5, 0.6) is 5.75 Å². The molecule has 1 heterocycles. The van der Waals surface area contributed by atoms with Crippen LogP contribution in [0.1, 0.15) is 31.4 Å². The van der Waals surface area contributed by atoms with Gasteiger partial charge >= 0.3 is 5.82 Å². The van der Waals surface area contributed by atoms with Gasteiger partial charge in [0.25, 0.3) is 0 Å². The highest BCUT2D eigenvalue weighted by Gasteiger charge is 2.17. The first-order chi connectivity index (χ1) is 9.54. The van der Waals surface area contributed by atoms with Crippen LogP contribution in [0, 0.1) is 17.0 Å². The minimum absolute atomic E-state index is 0.167. The molecule has 0 aliphatic carbocycles. The van der Waals surface area contributed by atoms with Gasteiger partial charge in [-0.05, 0) is 41.3 Å². The molecule has 0 spiro atoms. The fraction of sp³-hybridized carbons (Fsp3) is 0.500. The number of hydrogen-bond donors (Lipinski definition) is 2. The summed E-state index contributed by atoms with van der Waals surface area (Å²) in [5.41, 5.74) is 2.62. The van der Waals surface area contributed by atoms with Crippen molar-refractivity contribution in [2.45, 2.75) is 32.6 Å². The summed E-state index contributed by atoms with van der Waals surface area (Å²) in [7, 11) is 0. The molecular formula is C12H18N4O4. The number of nitrogens with one attached hydrogen (secondary N) is 1. The van der Waals surface area contributed by atoms with Crippen LogP contribution in [0.4, 0.5) is 5.82 Å². The predicted molar refractivity (Wildman–Crippen MR) is 71.9 cm³/mol. The number of rotatable bonds is 8. The Morgan fingerprint density at radius 1 is 1.45 bits per heavy atom. The number of pyridine rings is 1. The Hall–Kier alpha value is -2.22. The number of aryl methyl sites for hydroxylation is 1. The summed E-state index contributed by atoms with van der Waals surface area (Å²) < 4.78 is 5.36. The van der Waals surface area contributed by atoms with Crippen molar-refractivity contribution in [2.75, 3.05) is 6.61 Å². The molecule has 0 bridgehead atoms. The molecule has 8 heteroatoms. The monoisotopic (exact) mass is 282 g/mol. The lowest BCUT2D eigenvalue weighted by Crippen LogP contribution is -2.29. The van der Waals surface area contributed by atoms with Gasteiger partial charge in [-0.15, -0.1) is 0 Å². The van der Waals surface area contributed by atoms with E-state index in [2.05, 4.69) is 10.4 Å². The number of hydrogen-bond acceptors (Lipinski definition) is 6. The van der Waals surface area contributed by atoms with Crippen molar-refractivity contribution in [3.8, 4) is 5.75 Å². The molecule has 20 heavy (non-hydrogen) atoms. The largest absolute Gasteiger partial charge is 0.486 e. The Kier molecular flexibility index (Phi) is 6.38. The Morgan fingerprint density at radius 3 is 2.85 bits per heavy atom. The molecule has 1 aromatic rings. The summed E-state index contributed by atoms with van der Waals surface area (Å²) in [5, 5.41) is 10.8. The van der Waals surface area contributed by atoms with E-state index < -0.39 is 4.92 Å². The standard InChI is InChI=1S/C12H18N4O4/c1-9-6-7-10(12(14-9)16(18)19)20-8-4-2-3-5-11(17)15-13/h6-7H,2-5,8,13H2,1H3,(H,15,17). The van der Waals surface area contributed by atoms with Gasteiger partial charge in [-0.2, -0.15) is 0 Å². The lowest BCUT2D eigenvalue weighted by molar-refractivity contribution is -0.390. The van der Waals surface area contributed by atoms with Crippen LogP contribution < -0.4 is 16.0 Å². The molecule has 0 radical (unpaired) electrons. The molecular weight excluding hydrogens is 264 g/mol. The number of aromatic nitrogens is 1. The normalized spacial score (nSPS) is 10.1. The van der Waals surface area contributed by atoms with Crippen molar-refractivity contribution in [3.05, 3.63) is 27.9 Å². The van der Waals surface area contributed by atoms with Crippen molar-refractivity contribution in [1.29, 1.82) is 0 Å². The van der Waals surface area contributed by atoms with Crippen molar-refractivity contribution in [3.63, 3.8) is 0 Å². The quantitative estimate of drug-likeness (QED) is 0.243. The van der Waals surface area contributed by atoms with E-state index in [4.69, 9.17) is 10.6 Å². The average Bonchev–Trinajstić information content (AvgIpc) is 2.43. The summed E-state index contributed by atoms with van der Waals surface area (Å²) in [6.07, 6.45) is 2.53. The molecule has 3 N–H and O–H groups in total. The topological polar surface area (TPSA) is 120 Å². The van der Waals surface area contributed by atoms with Crippen LogP contribution in [0.25, 0.3) is 0 Å². The fourth-order valence-corrected chi connectivity index (χ4v) is 1.59. The molecule has 1 amide bonds. The van der Waals surface area contributed by atoms with Crippen LogP contribution in [-0.4, -0.2) is 22.4 Å². The van der Waals surface area contributed by atoms with E-state index in [9.17, 15) is 14.9 Å². The molecule has 8 nitrogen and oxygen atoms in total. The lowest BCUT2D eigenvalue weighted by Gasteiger charge is -2.06. The van der Waals surface area contributed by atoms with Crippen LogP contribution in [0.3, 0.4) is 0 Å². The predicted octanol–water partition coefficient (Wildman–Crippen LogP) is 1.23. The summed E-state index contributed by atoms with van der Waals surface area (Å²) in [5.74, 6) is 4.64. The maximum absolute atomic E-state index is 10.9. The Bertz CT molecular complexity index is 479. The first-order valence-corrected chi connectivity index (χ1v) is 6.29. The maximum atomic E-state index is 10.9. The summed E-state index contributed by atoms with van der Waals surface area (Å²) in [6, 6.07) is 3.20. The van der Waals surface area contributed by atoms with E-state index in [1.165, 1.54) is 0 Å². The first-order valence-electron chi connectivity index (χ1n) is 6.29. The summed E-state index contributed by atoms with van der Waals surface area (Å²) >= 11 is 0. The van der Waals surface area contributed by atoms with Gasteiger partial charge in [-0.3, -0.25) is 10.2 Å². The van der Waals surface area contributed by atoms with Crippen LogP contribution in [-0.2, 0) is 4.79 Å². The van der Waals surface area contributed by atoms with Gasteiger partial charge in [-0.25, -0.2) is 5.84 Å². The number of unbranched alkanes of at least 4 members (excludes halogenated alkanes) is 2. The molecule has 0 fully saturated rings. The third-order valence-electron chi connectivity index (χ3n) is 2.62. The zero-order chi connectivity index (χ0) is 15.0. The number of ether oxygens (including phenoxy) is 1. The van der Waals surface area contributed by atoms with Gasteiger partial charge in [0.2, 0.25) is 11.7 Å². The van der Waals surface area contributed by atoms with E-state index in [0.29, 0.717) is 31.6 Å². The fourth-order valence-electron chi connectivity index (χ4n) is 1.59. The highest BCUT2D eigenvalue weighted by molar-refractivity contribution is 5.75. The van der Waals surface area contributed by atoms with Gasteiger partial charge in [-0.1, -0.05) is 0 Å². The zero-order valence-corrected chi connectivity index (χ0v) is 11.3. The van der Waals surface area contributed by atoms with E-state index in [-0.39, 0.29) is 17.5 Å². The third-order valence-corrected chi connectivity index (χ3v) is 2.62. The van der Waals surface area contributed by atoms with Crippen molar-refractivity contribution < 1.29 is 14.5 Å². The number of nitro groups is 1. The van der Waals surface area contributed by atoms with Gasteiger partial charge < -0.3 is 14.9 Å². The number of nitrogens with zero attached hydrogens (tertiary/aromatic N) is 2. The van der Waals surface area contributed by atoms with Gasteiger partial charge in [0.05, 0.1) is 6.61 Å². The summed E-state index contributed by atoms with van der Waals surface area (Å²) in [4.78, 5) is 25.0. The molecule has 0 saturated heterocycles. The second-order valence-corrected chi connectivity index (χ2v) is 4.26. The van der Waals surface area contributed by atoms with Crippen molar-refractivity contribution in [1.82, 2.24) is 10.4 Å². The van der Waals surface area contributed by atoms with Gasteiger partial charge in [0, 0.05) is 13.3 Å². The SMILES string of the molecule is Cc1ccc(OCCCCCC(=O)NN)c([N+](=O)[O-])n1. The average molecular weight is 282 g/mol. The first kappa shape index (κ1) is 15.8. The van der Waals surface area contributed by atoms with Gasteiger partial charge in [0.15, 0.2) is 0 Å². The number of carbonyl (C=O) groups is 1. The molecule has 1 rings (SSSR count). The van der Waals surface area contributed by atoms with Crippen molar-refractivity contribution in [2.24, 2.45) is 5.84 Å². The second-order valence-electron chi connectivity index (χ2n) is 4.26. The zero-order valence-electron chi connectivity index (χ0n) is 11.3. The molecule has 0 aliphatic heterocycles.